The van der Waals surface area contributed by atoms with E-state index >= 15 is 0 Å². The molecule has 0 aliphatic carbocycles. The van der Waals surface area contributed by atoms with Gasteiger partial charge in [-0.3, -0.25) is 0 Å². The monoisotopic (exact) mass is 346 g/mol. The van der Waals surface area contributed by atoms with Gasteiger partial charge in [0.25, 0.3) is 0 Å². The average Bonchev–Trinajstić information content (AvgIpc) is 2.54. The molecule has 0 amide bonds. The predicted octanol–water partition coefficient (Wildman–Crippen LogP) is -0.783. The normalized spacial score (nSPS) is 9.83. The molecule has 5 nitrogen and oxygen atoms in total. The third-order valence-electron chi connectivity index (χ3n) is 3.23. The van der Waals surface area contributed by atoms with Crippen molar-refractivity contribution in [3.8, 4) is 11.5 Å². The molecule has 24 heavy (non-hydrogen) atoms. The number of ether oxygens (including phenoxy) is 1. The number of para-hydroxylation sites is 1. The number of rotatable bonds is 4. The average molecular weight is 346 g/mol. The van der Waals surface area contributed by atoms with Gasteiger partial charge in [-0.15, -0.1) is 0 Å². The summed E-state index contributed by atoms with van der Waals surface area (Å²) in [6, 6.07) is 19.0. The van der Waals surface area contributed by atoms with Crippen LogP contribution in [0.4, 0.5) is 0 Å². The zero-order chi connectivity index (χ0) is 16.2. The van der Waals surface area contributed by atoms with Crippen LogP contribution in [-0.2, 0) is 4.46 Å². The van der Waals surface area contributed by atoms with Crippen LogP contribution in [0.15, 0.2) is 66.7 Å². The molecule has 0 N–H and O–H groups in total. The van der Waals surface area contributed by atoms with Crippen molar-refractivity contribution in [3.63, 3.8) is 0 Å². The molecule has 0 bridgehead atoms. The summed E-state index contributed by atoms with van der Waals surface area (Å²) in [4.78, 5) is 23.0. The SMILES string of the molecule is O=C(Oc1ccc2ccccc2c1)c1ccccc1O[Si](=O)[O-].[Na+]. The Morgan fingerprint density at radius 3 is 2.33 bits per heavy atom. The van der Waals surface area contributed by atoms with Gasteiger partial charge >= 0.3 is 44.7 Å². The van der Waals surface area contributed by atoms with Gasteiger partial charge in [0.05, 0.1) is 11.3 Å². The van der Waals surface area contributed by atoms with Crippen molar-refractivity contribution in [1.82, 2.24) is 0 Å². The fourth-order valence-corrected chi connectivity index (χ4v) is 2.56. The van der Waals surface area contributed by atoms with Gasteiger partial charge in [0.2, 0.25) is 0 Å². The van der Waals surface area contributed by atoms with Crippen LogP contribution in [0.25, 0.3) is 10.8 Å². The third-order valence-corrected chi connectivity index (χ3v) is 3.62. The Hall–Kier alpha value is -1.99. The zero-order valence-corrected chi connectivity index (χ0v) is 15.9. The molecule has 0 fully saturated rings. The van der Waals surface area contributed by atoms with E-state index in [1.165, 1.54) is 12.1 Å². The molecule has 3 rings (SSSR count). The van der Waals surface area contributed by atoms with Crippen molar-refractivity contribution < 1.29 is 52.8 Å². The first-order valence-corrected chi connectivity index (χ1v) is 8.05. The standard InChI is InChI=1S/C17H11O5Si.Na/c18-17(15-7-3-4-8-16(15)22-23(19)20)21-14-10-9-12-5-1-2-6-13(12)11-14;/h1-11H;/q-1;+1. The summed E-state index contributed by atoms with van der Waals surface area (Å²) in [5.74, 6) is -0.352. The van der Waals surface area contributed by atoms with E-state index in [4.69, 9.17) is 4.74 Å². The Labute approximate surface area is 162 Å². The van der Waals surface area contributed by atoms with E-state index in [0.717, 1.165) is 10.8 Å². The molecule has 0 heterocycles. The van der Waals surface area contributed by atoms with Gasteiger partial charge in [-0.1, -0.05) is 42.5 Å². The van der Waals surface area contributed by atoms with Crippen LogP contribution in [0.3, 0.4) is 0 Å². The minimum absolute atomic E-state index is 0. The van der Waals surface area contributed by atoms with Gasteiger partial charge in [0.1, 0.15) is 5.75 Å². The van der Waals surface area contributed by atoms with E-state index < -0.39 is 15.1 Å². The van der Waals surface area contributed by atoms with Gasteiger partial charge in [-0.25, -0.2) is 4.79 Å². The number of hydrogen-bond acceptors (Lipinski definition) is 5. The minimum atomic E-state index is -3.45. The van der Waals surface area contributed by atoms with Crippen LogP contribution in [0.2, 0.25) is 0 Å². The van der Waals surface area contributed by atoms with Crippen molar-refractivity contribution in [3.05, 3.63) is 72.3 Å². The van der Waals surface area contributed by atoms with E-state index in [9.17, 15) is 14.1 Å². The Balaban J connectivity index is 0.00000208. The van der Waals surface area contributed by atoms with E-state index in [-0.39, 0.29) is 40.9 Å². The summed E-state index contributed by atoms with van der Waals surface area (Å²) in [6.45, 7) is 0. The second-order valence-electron chi connectivity index (χ2n) is 4.75. The van der Waals surface area contributed by atoms with Gasteiger partial charge in [-0.05, 0) is 35.0 Å². The predicted molar refractivity (Wildman–Crippen MR) is 82.4 cm³/mol. The Morgan fingerprint density at radius 1 is 0.917 bits per heavy atom. The summed E-state index contributed by atoms with van der Waals surface area (Å²) in [7, 11) is -3.45. The summed E-state index contributed by atoms with van der Waals surface area (Å²) in [5, 5.41) is 1.97. The molecule has 7 heteroatoms. The zero-order valence-electron chi connectivity index (χ0n) is 12.9. The number of carbonyl (C=O) groups excluding carboxylic acids is 1. The first-order valence-electron chi connectivity index (χ1n) is 6.82. The van der Waals surface area contributed by atoms with Crippen molar-refractivity contribution >= 4 is 25.9 Å². The third kappa shape index (κ3) is 4.30. The van der Waals surface area contributed by atoms with Crippen LogP contribution in [0.5, 0.6) is 11.5 Å². The summed E-state index contributed by atoms with van der Waals surface area (Å²) < 4.78 is 20.7. The first-order chi connectivity index (χ1) is 11.1. The van der Waals surface area contributed by atoms with Crippen LogP contribution in [0.1, 0.15) is 10.4 Å². The van der Waals surface area contributed by atoms with Crippen molar-refractivity contribution in [1.29, 1.82) is 0 Å². The molecule has 0 aromatic heterocycles. The molecule has 114 valence electrons. The minimum Gasteiger partial charge on any atom is -0.554 e. The van der Waals surface area contributed by atoms with Crippen LogP contribution < -0.4 is 43.5 Å². The maximum absolute atomic E-state index is 12.3. The largest absolute Gasteiger partial charge is 1.00 e. The Kier molecular flexibility index (Phi) is 6.27. The molecule has 0 atom stereocenters. The fourth-order valence-electron chi connectivity index (χ4n) is 2.21. The van der Waals surface area contributed by atoms with E-state index in [1.54, 1.807) is 24.3 Å². The molecular formula is C17H11NaO5Si. The quantitative estimate of drug-likeness (QED) is 0.352. The number of hydrogen-bond donors (Lipinski definition) is 0. The molecule has 3 aromatic carbocycles. The first kappa shape index (κ1) is 18.3. The maximum atomic E-state index is 12.3. The fraction of sp³-hybridized carbons (Fsp3) is 0. The van der Waals surface area contributed by atoms with Crippen molar-refractivity contribution in [2.75, 3.05) is 0 Å². The number of esters is 1. The van der Waals surface area contributed by atoms with E-state index in [0.29, 0.717) is 5.75 Å². The van der Waals surface area contributed by atoms with Crippen LogP contribution in [-0.4, -0.2) is 15.1 Å². The molecule has 0 aliphatic rings. The molecule has 0 radical (unpaired) electrons. The van der Waals surface area contributed by atoms with E-state index in [2.05, 4.69) is 4.43 Å². The van der Waals surface area contributed by atoms with Gasteiger partial charge in [0, 0.05) is 0 Å². The molecule has 0 unspecified atom stereocenters. The molecule has 0 saturated carbocycles. The van der Waals surface area contributed by atoms with Crippen LogP contribution >= 0.6 is 0 Å². The van der Waals surface area contributed by atoms with Gasteiger partial charge in [-0.2, -0.15) is 0 Å². The van der Waals surface area contributed by atoms with Crippen molar-refractivity contribution in [2.45, 2.75) is 0 Å². The maximum Gasteiger partial charge on any atom is 1.00 e. The Morgan fingerprint density at radius 2 is 1.58 bits per heavy atom. The molecule has 0 saturated heterocycles. The van der Waals surface area contributed by atoms with Crippen molar-refractivity contribution in [2.24, 2.45) is 0 Å². The topological polar surface area (TPSA) is 75.7 Å². The molecule has 0 aliphatic heterocycles. The number of benzene rings is 3. The molecule has 3 aromatic rings. The van der Waals surface area contributed by atoms with Crippen LogP contribution in [0, 0.1) is 0 Å². The molecular weight excluding hydrogens is 335 g/mol. The smallest absolute Gasteiger partial charge is 0.554 e. The second-order valence-corrected chi connectivity index (χ2v) is 5.45. The van der Waals surface area contributed by atoms with E-state index in [1.807, 2.05) is 30.3 Å². The molecule has 0 spiro atoms. The summed E-state index contributed by atoms with van der Waals surface area (Å²) in [6.07, 6.45) is 0. The van der Waals surface area contributed by atoms with Gasteiger partial charge in [0.15, 0.2) is 0 Å². The second kappa shape index (κ2) is 8.21. The summed E-state index contributed by atoms with van der Waals surface area (Å²) >= 11 is 0. The summed E-state index contributed by atoms with van der Waals surface area (Å²) in [5.41, 5.74) is 0.0508. The Bertz CT molecular complexity index is 897. The number of carbonyl (C=O) groups is 1. The number of fused-ring (bicyclic) bond motifs is 1. The van der Waals surface area contributed by atoms with Gasteiger partial charge < -0.3 is 18.4 Å².